The third-order valence-electron chi connectivity index (χ3n) is 6.71. The third kappa shape index (κ3) is 6.33. The second kappa shape index (κ2) is 11.9. The van der Waals surface area contributed by atoms with E-state index < -0.39 is 6.09 Å². The first kappa shape index (κ1) is 25.5. The molecule has 2 N–H and O–H groups in total. The van der Waals surface area contributed by atoms with Gasteiger partial charge in [0.25, 0.3) is 0 Å². The summed E-state index contributed by atoms with van der Waals surface area (Å²) in [5.74, 6) is 0.238. The van der Waals surface area contributed by atoms with Gasteiger partial charge in [0, 0.05) is 37.4 Å². The molecule has 0 aromatic heterocycles. The first-order valence-corrected chi connectivity index (χ1v) is 12.4. The minimum atomic E-state index is -0.495. The molecular weight excluding hydrogens is 450 g/mol. The van der Waals surface area contributed by atoms with Gasteiger partial charge in [-0.25, -0.2) is 4.79 Å². The van der Waals surface area contributed by atoms with E-state index in [-0.39, 0.29) is 24.4 Å². The van der Waals surface area contributed by atoms with Crippen LogP contribution in [-0.2, 0) is 11.3 Å². The number of phenols is 1. The molecule has 0 bridgehead atoms. The normalized spacial score (nSPS) is 19.4. The highest BCUT2D eigenvalue weighted by molar-refractivity contribution is 5.84. The number of rotatable bonds is 8. The molecule has 3 atom stereocenters. The van der Waals surface area contributed by atoms with Crippen LogP contribution < -0.4 is 5.32 Å². The van der Waals surface area contributed by atoms with Crippen LogP contribution in [0.1, 0.15) is 36.6 Å². The number of nitrogens with one attached hydrogen (secondary N) is 1. The van der Waals surface area contributed by atoms with Crippen LogP contribution >= 0.6 is 0 Å². The summed E-state index contributed by atoms with van der Waals surface area (Å²) in [4.78, 5) is 17.4. The van der Waals surface area contributed by atoms with Gasteiger partial charge >= 0.3 is 6.09 Å². The number of carbonyl (C=O) groups excluding carboxylic acids is 1. The summed E-state index contributed by atoms with van der Waals surface area (Å²) in [7, 11) is 0. The van der Waals surface area contributed by atoms with Crippen LogP contribution in [0.2, 0.25) is 0 Å². The highest BCUT2D eigenvalue weighted by Gasteiger charge is 2.34. The zero-order valence-electron chi connectivity index (χ0n) is 21.0. The second-order valence-corrected chi connectivity index (χ2v) is 9.45. The van der Waals surface area contributed by atoms with E-state index in [0.717, 1.165) is 36.3 Å². The molecule has 36 heavy (non-hydrogen) atoms. The van der Waals surface area contributed by atoms with Gasteiger partial charge in [-0.1, -0.05) is 60.7 Å². The van der Waals surface area contributed by atoms with Gasteiger partial charge in [0.1, 0.15) is 12.4 Å². The van der Waals surface area contributed by atoms with Crippen LogP contribution in [0.15, 0.2) is 91.5 Å². The number of carbonyl (C=O) groups is 1. The monoisotopic (exact) mass is 485 g/mol. The lowest BCUT2D eigenvalue weighted by Crippen LogP contribution is -2.57. The molecule has 1 heterocycles. The summed E-state index contributed by atoms with van der Waals surface area (Å²) in [5.41, 5.74) is 3.65. The van der Waals surface area contributed by atoms with Crippen molar-refractivity contribution in [2.75, 3.05) is 25.0 Å². The summed E-state index contributed by atoms with van der Waals surface area (Å²) in [6.45, 7) is 11.2. The number of nitrogens with zero attached hydrogens (tertiary/aromatic N) is 2. The van der Waals surface area contributed by atoms with E-state index in [1.807, 2.05) is 72.8 Å². The summed E-state index contributed by atoms with van der Waals surface area (Å²) < 4.78 is 5.41. The number of hydrogen-bond acceptors (Lipinski definition) is 5. The summed E-state index contributed by atoms with van der Waals surface area (Å²) in [5, 5.41) is 13.1. The van der Waals surface area contributed by atoms with E-state index in [1.165, 1.54) is 0 Å². The number of anilines is 1. The molecule has 0 spiro atoms. The third-order valence-corrected chi connectivity index (χ3v) is 6.71. The van der Waals surface area contributed by atoms with Crippen LogP contribution in [0, 0.1) is 0 Å². The van der Waals surface area contributed by atoms with E-state index in [0.29, 0.717) is 11.7 Å². The van der Waals surface area contributed by atoms with Crippen molar-refractivity contribution in [2.45, 2.75) is 38.6 Å². The summed E-state index contributed by atoms with van der Waals surface area (Å²) >= 11 is 0. The molecule has 1 aliphatic heterocycles. The van der Waals surface area contributed by atoms with Crippen molar-refractivity contribution in [1.29, 1.82) is 0 Å². The topological polar surface area (TPSA) is 65.0 Å². The highest BCUT2D eigenvalue weighted by Crippen LogP contribution is 2.35. The molecule has 0 saturated carbocycles. The SMILES string of the molecule is C=CCN1C[C@@H](C)N([C@@H](c2cccc(O)c2)c2cccc(NC(=O)OCc3ccccc3)c2)C[C@@H]1C. The lowest BCUT2D eigenvalue weighted by Gasteiger charge is -2.47. The summed E-state index contributed by atoms with van der Waals surface area (Å²) in [6.07, 6.45) is 1.46. The molecule has 0 radical (unpaired) electrons. The maximum absolute atomic E-state index is 12.5. The highest BCUT2D eigenvalue weighted by atomic mass is 16.5. The zero-order chi connectivity index (χ0) is 25.5. The molecule has 1 aliphatic rings. The van der Waals surface area contributed by atoms with Crippen LogP contribution in [0.4, 0.5) is 10.5 Å². The van der Waals surface area contributed by atoms with Crippen LogP contribution in [0.25, 0.3) is 0 Å². The number of hydrogen-bond donors (Lipinski definition) is 2. The van der Waals surface area contributed by atoms with Crippen molar-refractivity contribution in [2.24, 2.45) is 0 Å². The van der Waals surface area contributed by atoms with Crippen molar-refractivity contribution in [3.63, 3.8) is 0 Å². The molecular formula is C30H35N3O3. The maximum Gasteiger partial charge on any atom is 0.411 e. The number of phenolic OH excluding ortho intramolecular Hbond substituents is 1. The molecule has 0 unspecified atom stereocenters. The number of ether oxygens (including phenoxy) is 1. The van der Waals surface area contributed by atoms with Gasteiger partial charge in [0.2, 0.25) is 0 Å². The molecule has 0 aliphatic carbocycles. The molecule has 4 rings (SSSR count). The Balaban J connectivity index is 1.57. The van der Waals surface area contributed by atoms with E-state index in [4.69, 9.17) is 4.74 Å². The maximum atomic E-state index is 12.5. The van der Waals surface area contributed by atoms with Gasteiger partial charge in [-0.15, -0.1) is 6.58 Å². The Morgan fingerprint density at radius 1 is 1.03 bits per heavy atom. The van der Waals surface area contributed by atoms with Gasteiger partial charge in [-0.05, 0) is 54.8 Å². The second-order valence-electron chi connectivity index (χ2n) is 9.45. The number of benzene rings is 3. The average Bonchev–Trinajstić information content (AvgIpc) is 2.87. The fourth-order valence-electron chi connectivity index (χ4n) is 4.94. The molecule has 3 aromatic rings. The molecule has 6 heteroatoms. The Morgan fingerprint density at radius 3 is 2.47 bits per heavy atom. The van der Waals surface area contributed by atoms with Crippen molar-refractivity contribution in [3.05, 3.63) is 108 Å². The van der Waals surface area contributed by atoms with Crippen molar-refractivity contribution < 1.29 is 14.6 Å². The minimum absolute atomic E-state index is 0.0810. The Kier molecular flexibility index (Phi) is 8.41. The smallest absolute Gasteiger partial charge is 0.411 e. The van der Waals surface area contributed by atoms with Crippen LogP contribution in [-0.4, -0.2) is 52.7 Å². The average molecular weight is 486 g/mol. The molecule has 6 nitrogen and oxygen atoms in total. The van der Waals surface area contributed by atoms with Gasteiger partial charge in [0.05, 0.1) is 6.04 Å². The Bertz CT molecular complexity index is 1170. The van der Waals surface area contributed by atoms with Crippen LogP contribution in [0.5, 0.6) is 5.75 Å². The van der Waals surface area contributed by atoms with Gasteiger partial charge < -0.3 is 9.84 Å². The zero-order valence-corrected chi connectivity index (χ0v) is 21.0. The fourth-order valence-corrected chi connectivity index (χ4v) is 4.94. The van der Waals surface area contributed by atoms with Crippen molar-refractivity contribution in [1.82, 2.24) is 9.80 Å². The Hall–Kier alpha value is -3.61. The van der Waals surface area contributed by atoms with Crippen LogP contribution in [0.3, 0.4) is 0 Å². The summed E-state index contributed by atoms with van der Waals surface area (Å²) in [6, 6.07) is 25.5. The molecule has 3 aromatic carbocycles. The number of aromatic hydroxyl groups is 1. The number of piperazine rings is 1. The molecule has 188 valence electrons. The number of amides is 1. The largest absolute Gasteiger partial charge is 0.508 e. The van der Waals surface area contributed by atoms with E-state index >= 15 is 0 Å². The van der Waals surface area contributed by atoms with Crippen molar-refractivity contribution >= 4 is 11.8 Å². The lowest BCUT2D eigenvalue weighted by atomic mass is 9.93. The van der Waals surface area contributed by atoms with E-state index in [2.05, 4.69) is 41.6 Å². The Labute approximate surface area is 213 Å². The fraction of sp³-hybridized carbons (Fsp3) is 0.300. The van der Waals surface area contributed by atoms with Gasteiger partial charge in [-0.2, -0.15) is 0 Å². The minimum Gasteiger partial charge on any atom is -0.508 e. The predicted octanol–water partition coefficient (Wildman–Crippen LogP) is 5.81. The van der Waals surface area contributed by atoms with Gasteiger partial charge in [0.15, 0.2) is 0 Å². The van der Waals surface area contributed by atoms with E-state index in [9.17, 15) is 9.90 Å². The molecule has 1 fully saturated rings. The van der Waals surface area contributed by atoms with Crippen molar-refractivity contribution in [3.8, 4) is 5.75 Å². The predicted molar refractivity (Wildman–Crippen MR) is 144 cm³/mol. The standard InChI is InChI=1S/C30H35N3O3/c1-4-16-32-19-23(3)33(20-22(32)2)29(26-13-9-15-28(34)18-26)25-12-8-14-27(17-25)31-30(35)36-21-24-10-6-5-7-11-24/h4-15,17-18,22-23,29,34H,1,16,19-21H2,2-3H3,(H,31,35)/t22-,23+,29+/m0/s1. The van der Waals surface area contributed by atoms with Gasteiger partial charge in [-0.3, -0.25) is 15.1 Å². The van der Waals surface area contributed by atoms with E-state index in [1.54, 1.807) is 6.07 Å². The first-order chi connectivity index (χ1) is 17.4. The quantitative estimate of drug-likeness (QED) is 0.394. The lowest BCUT2D eigenvalue weighted by molar-refractivity contribution is 0.0306. The molecule has 1 amide bonds. The molecule has 1 saturated heterocycles. The first-order valence-electron chi connectivity index (χ1n) is 12.4. The Morgan fingerprint density at radius 2 is 1.75 bits per heavy atom.